The average Bonchev–Trinajstić information content (AvgIpc) is 3.75. The zero-order valence-electron chi connectivity index (χ0n) is 36.0. The van der Waals surface area contributed by atoms with Crippen molar-refractivity contribution in [2.75, 3.05) is 62.3 Å². The Kier molecular flexibility index (Phi) is 12.8. The summed E-state index contributed by atoms with van der Waals surface area (Å²) in [7, 11) is -8.32. The molecule has 0 bridgehead atoms. The molecule has 2 saturated heterocycles. The van der Waals surface area contributed by atoms with Crippen molar-refractivity contribution < 1.29 is 31.3 Å². The van der Waals surface area contributed by atoms with E-state index in [-0.39, 0.29) is 41.2 Å². The van der Waals surface area contributed by atoms with E-state index in [4.69, 9.17) is 16.3 Å². The lowest BCUT2D eigenvalue weighted by molar-refractivity contribution is -0.384. The van der Waals surface area contributed by atoms with Crippen molar-refractivity contribution in [2.45, 2.75) is 56.9 Å². The molecule has 1 aromatic heterocycles. The number of carbonyl (C=O) groups is 1. The number of aromatic amines is 1. The predicted octanol–water partition coefficient (Wildman–Crippen LogP) is 8.26. The van der Waals surface area contributed by atoms with E-state index in [1.54, 1.807) is 48.7 Å². The maximum absolute atomic E-state index is 14.6. The van der Waals surface area contributed by atoms with Gasteiger partial charge in [0.1, 0.15) is 16.3 Å². The standard InChI is InChI=1S/C46H52ClN7O8S2/c1-46(2)20-16-33(37(29-46)31-12-14-34(47)15-13-31)30-51-24-26-52(27-25-51)39-28-41(64(60,61)50-45(55)32-8-5-4-6-9-32)44(62-40-11-7-10-38-36(40)17-21-48-38)43(54(56)57)42(39)49-35-18-22-53(23-19-35)63(3,58)59/h4-15,17,21,28,35,48-49H,16,18-20,22-27,29-30H2,1-3H3,(H,50,55). The number of H-pyrrole nitrogens is 1. The number of carbonyl (C=O) groups excluding carboxylic acids is 1. The number of piperidine rings is 1. The van der Waals surface area contributed by atoms with Gasteiger partial charge in [-0.2, -0.15) is 0 Å². The second kappa shape index (κ2) is 18.2. The zero-order chi connectivity index (χ0) is 45.4. The third kappa shape index (κ3) is 9.93. The van der Waals surface area contributed by atoms with Gasteiger partial charge in [0.25, 0.3) is 15.9 Å². The van der Waals surface area contributed by atoms with Crippen molar-refractivity contribution in [3.8, 4) is 11.5 Å². The van der Waals surface area contributed by atoms with Gasteiger partial charge >= 0.3 is 5.69 Å². The molecular weight excluding hydrogens is 878 g/mol. The van der Waals surface area contributed by atoms with Gasteiger partial charge in [0.15, 0.2) is 0 Å². The summed E-state index contributed by atoms with van der Waals surface area (Å²) in [6.45, 7) is 7.63. The maximum Gasteiger partial charge on any atom is 0.338 e. The highest BCUT2D eigenvalue weighted by Gasteiger charge is 2.39. The molecule has 0 radical (unpaired) electrons. The minimum Gasteiger partial charge on any atom is -0.448 e. The first-order chi connectivity index (χ1) is 30.5. The Bertz CT molecular complexity index is 2820. The van der Waals surface area contributed by atoms with Gasteiger partial charge < -0.3 is 19.9 Å². The number of anilines is 2. The van der Waals surface area contributed by atoms with E-state index in [9.17, 15) is 31.7 Å². The molecule has 4 aromatic carbocycles. The Labute approximate surface area is 378 Å². The van der Waals surface area contributed by atoms with Crippen molar-refractivity contribution in [3.63, 3.8) is 0 Å². The molecule has 2 aliphatic heterocycles. The Balaban J connectivity index is 1.20. The number of nitrogens with one attached hydrogen (secondary N) is 3. The van der Waals surface area contributed by atoms with Crippen molar-refractivity contribution in [2.24, 2.45) is 5.41 Å². The Morgan fingerprint density at radius 3 is 2.31 bits per heavy atom. The highest BCUT2D eigenvalue weighted by Crippen LogP contribution is 2.50. The lowest BCUT2D eigenvalue weighted by Gasteiger charge is -2.40. The number of allylic oxidation sites excluding steroid dienone is 1. The number of benzene rings is 4. The summed E-state index contributed by atoms with van der Waals surface area (Å²) in [5, 5.41) is 18.2. The topological polar surface area (TPSA) is 187 Å². The maximum atomic E-state index is 14.6. The average molecular weight is 931 g/mol. The van der Waals surface area contributed by atoms with Crippen LogP contribution in [0, 0.1) is 15.5 Å². The molecule has 0 unspecified atom stereocenters. The van der Waals surface area contributed by atoms with Gasteiger partial charge in [-0.15, -0.1) is 0 Å². The molecule has 1 amide bonds. The highest BCUT2D eigenvalue weighted by atomic mass is 35.5. The molecule has 5 aromatic rings. The number of nitro benzene ring substituents is 1. The quantitative estimate of drug-likeness (QED) is 0.0762. The predicted molar refractivity (Wildman–Crippen MR) is 250 cm³/mol. The number of piperazine rings is 1. The summed E-state index contributed by atoms with van der Waals surface area (Å²) in [5.74, 6) is -1.34. The summed E-state index contributed by atoms with van der Waals surface area (Å²) >= 11 is 6.27. The molecule has 338 valence electrons. The van der Waals surface area contributed by atoms with Gasteiger partial charge in [0.2, 0.25) is 15.8 Å². The number of halogens is 1. The molecule has 8 rings (SSSR count). The molecular formula is C46H52ClN7O8S2. The van der Waals surface area contributed by atoms with Crippen LogP contribution in [0.5, 0.6) is 11.5 Å². The van der Waals surface area contributed by atoms with Crippen LogP contribution in [0.4, 0.5) is 17.1 Å². The number of nitrogens with zero attached hydrogens (tertiary/aromatic N) is 4. The van der Waals surface area contributed by atoms with Crippen LogP contribution >= 0.6 is 11.6 Å². The van der Waals surface area contributed by atoms with E-state index in [0.29, 0.717) is 54.9 Å². The van der Waals surface area contributed by atoms with Gasteiger partial charge in [0, 0.05) is 79.5 Å². The second-order valence-corrected chi connectivity index (χ2v) is 21.6. The van der Waals surface area contributed by atoms with Crippen LogP contribution in [0.3, 0.4) is 0 Å². The van der Waals surface area contributed by atoms with Gasteiger partial charge in [-0.05, 0) is 97.2 Å². The molecule has 0 saturated carbocycles. The summed E-state index contributed by atoms with van der Waals surface area (Å²) < 4.78 is 64.0. The minimum absolute atomic E-state index is 0.0445. The van der Waals surface area contributed by atoms with Gasteiger partial charge in [-0.1, -0.05) is 67.4 Å². The van der Waals surface area contributed by atoms with E-state index in [1.807, 2.05) is 17.0 Å². The number of amides is 1. The number of hydrogen-bond acceptors (Lipinski definition) is 11. The molecule has 2 fully saturated rings. The lowest BCUT2D eigenvalue weighted by atomic mass is 9.72. The van der Waals surface area contributed by atoms with E-state index in [1.165, 1.54) is 33.7 Å². The van der Waals surface area contributed by atoms with Crippen LogP contribution in [0.15, 0.2) is 102 Å². The molecule has 64 heavy (non-hydrogen) atoms. The minimum atomic E-state index is -4.85. The van der Waals surface area contributed by atoms with Gasteiger partial charge in [-0.3, -0.25) is 19.8 Å². The Morgan fingerprint density at radius 2 is 1.64 bits per heavy atom. The summed E-state index contributed by atoms with van der Waals surface area (Å²) in [4.78, 5) is 33.2. The first-order valence-electron chi connectivity index (χ1n) is 21.3. The molecule has 0 spiro atoms. The lowest BCUT2D eigenvalue weighted by Crippen LogP contribution is -2.47. The number of ether oxygens (including phenoxy) is 1. The first-order valence-corrected chi connectivity index (χ1v) is 25.0. The van der Waals surface area contributed by atoms with Crippen LogP contribution in [0.25, 0.3) is 16.5 Å². The number of aromatic nitrogens is 1. The monoisotopic (exact) mass is 929 g/mol. The zero-order valence-corrected chi connectivity index (χ0v) is 38.4. The molecule has 15 nitrogen and oxygen atoms in total. The van der Waals surface area contributed by atoms with Crippen molar-refractivity contribution in [1.29, 1.82) is 0 Å². The van der Waals surface area contributed by atoms with Crippen molar-refractivity contribution >= 4 is 71.1 Å². The Hall–Kier alpha value is -5.46. The third-order valence-electron chi connectivity index (χ3n) is 12.5. The first kappa shape index (κ1) is 45.1. The normalized spacial score (nSPS) is 18.0. The number of hydrogen-bond donors (Lipinski definition) is 3. The summed E-state index contributed by atoms with van der Waals surface area (Å²) in [6, 6.07) is 23.5. The largest absolute Gasteiger partial charge is 0.448 e. The summed E-state index contributed by atoms with van der Waals surface area (Å²) in [5.41, 5.74) is 4.35. The van der Waals surface area contributed by atoms with Crippen LogP contribution < -0.4 is 19.7 Å². The fourth-order valence-corrected chi connectivity index (χ4v) is 11.1. The van der Waals surface area contributed by atoms with E-state index < -0.39 is 53.3 Å². The smallest absolute Gasteiger partial charge is 0.338 e. The van der Waals surface area contributed by atoms with Gasteiger partial charge in [0.05, 0.1) is 16.9 Å². The van der Waals surface area contributed by atoms with Gasteiger partial charge in [-0.25, -0.2) is 25.9 Å². The van der Waals surface area contributed by atoms with Crippen molar-refractivity contribution in [3.05, 3.63) is 123 Å². The van der Waals surface area contributed by atoms with Crippen LogP contribution in [-0.4, -0.2) is 100.0 Å². The summed E-state index contributed by atoms with van der Waals surface area (Å²) in [6.07, 6.45) is 6.42. The van der Waals surface area contributed by atoms with E-state index in [2.05, 4.69) is 45.9 Å². The van der Waals surface area contributed by atoms with Crippen LogP contribution in [0.2, 0.25) is 5.02 Å². The molecule has 1 aliphatic carbocycles. The SMILES string of the molecule is CC1(C)CCC(CN2CCN(c3cc(S(=O)(=O)NC(=O)c4ccccc4)c(Oc4cccc5[nH]ccc45)c([N+](=O)[O-])c3NC3CCN(S(C)(=O)=O)CC3)CC2)=C(c2ccc(Cl)cc2)C1. The van der Waals surface area contributed by atoms with Crippen LogP contribution in [0.1, 0.15) is 61.9 Å². The fraction of sp³-hybridized carbons (Fsp3) is 0.370. The third-order valence-corrected chi connectivity index (χ3v) is 15.4. The second-order valence-electron chi connectivity index (χ2n) is 17.6. The van der Waals surface area contributed by atoms with Crippen molar-refractivity contribution in [1.82, 2.24) is 18.9 Å². The molecule has 3 aliphatic rings. The molecule has 0 atom stereocenters. The molecule has 3 N–H and O–H groups in total. The van der Waals surface area contributed by atoms with E-state index >= 15 is 0 Å². The fourth-order valence-electron chi connectivity index (χ4n) is 8.98. The Morgan fingerprint density at radius 1 is 0.938 bits per heavy atom. The van der Waals surface area contributed by atoms with E-state index in [0.717, 1.165) is 37.6 Å². The molecule has 18 heteroatoms. The molecule has 3 heterocycles. The number of nitro groups is 1. The van der Waals surface area contributed by atoms with Crippen LogP contribution in [-0.2, 0) is 20.0 Å². The number of fused-ring (bicyclic) bond motifs is 1. The number of rotatable bonds is 13. The number of sulfonamides is 2. The highest BCUT2D eigenvalue weighted by molar-refractivity contribution is 7.90.